The Morgan fingerprint density at radius 2 is 1.75 bits per heavy atom. The van der Waals surface area contributed by atoms with Crippen molar-refractivity contribution in [1.82, 2.24) is 0 Å². The van der Waals surface area contributed by atoms with Gasteiger partial charge in [-0.05, 0) is 18.2 Å². The fourth-order valence-electron chi connectivity index (χ4n) is 1.08. The van der Waals surface area contributed by atoms with Gasteiger partial charge in [0.15, 0.2) is 9.84 Å². The Balaban J connectivity index is 3.58. The highest BCUT2D eigenvalue weighted by molar-refractivity contribution is 8.13. The summed E-state index contributed by atoms with van der Waals surface area (Å²) in [5, 5.41) is 0. The molecule has 0 amide bonds. The molecular weight excluding hydrogens is 276 g/mol. The van der Waals surface area contributed by atoms with E-state index in [2.05, 4.69) is 0 Å². The molecule has 0 aliphatic rings. The number of halogens is 1. The van der Waals surface area contributed by atoms with Crippen molar-refractivity contribution in [3.05, 3.63) is 18.2 Å². The number of hydrogen-bond donors (Lipinski definition) is 0. The summed E-state index contributed by atoms with van der Waals surface area (Å²) in [6, 6.07) is 3.46. The van der Waals surface area contributed by atoms with Crippen LogP contribution in [0.1, 0.15) is 0 Å². The summed E-state index contributed by atoms with van der Waals surface area (Å²) in [6.07, 6.45) is 0.972. The number of benzene rings is 1. The topological polar surface area (TPSA) is 77.5 Å². The largest absolute Gasteiger partial charge is 0.495 e. The molecule has 0 N–H and O–H groups in total. The van der Waals surface area contributed by atoms with Crippen LogP contribution < -0.4 is 4.74 Å². The molecule has 8 heteroatoms. The molecule has 0 aliphatic heterocycles. The molecule has 1 aromatic rings. The Hall–Kier alpha value is -0.790. The van der Waals surface area contributed by atoms with E-state index in [0.29, 0.717) is 0 Å². The van der Waals surface area contributed by atoms with Gasteiger partial charge in [-0.15, -0.1) is 0 Å². The highest BCUT2D eigenvalue weighted by Crippen LogP contribution is 2.29. The van der Waals surface area contributed by atoms with Gasteiger partial charge in [0.25, 0.3) is 9.05 Å². The Morgan fingerprint density at radius 1 is 1.19 bits per heavy atom. The van der Waals surface area contributed by atoms with Crippen molar-refractivity contribution in [3.63, 3.8) is 0 Å². The SMILES string of the molecule is COc1ccc(S(C)(=O)=O)cc1S(=O)(=O)Cl. The molecule has 1 aromatic carbocycles. The van der Waals surface area contributed by atoms with E-state index in [9.17, 15) is 16.8 Å². The van der Waals surface area contributed by atoms with Crippen LogP contribution in [0.25, 0.3) is 0 Å². The van der Waals surface area contributed by atoms with Crippen LogP contribution in [0.15, 0.2) is 28.0 Å². The van der Waals surface area contributed by atoms with Crippen molar-refractivity contribution in [1.29, 1.82) is 0 Å². The van der Waals surface area contributed by atoms with Gasteiger partial charge in [0, 0.05) is 16.9 Å². The molecule has 0 heterocycles. The third kappa shape index (κ3) is 2.87. The van der Waals surface area contributed by atoms with Crippen molar-refractivity contribution in [3.8, 4) is 5.75 Å². The van der Waals surface area contributed by atoms with Crippen LogP contribution in [0.5, 0.6) is 5.75 Å². The van der Waals surface area contributed by atoms with Gasteiger partial charge in [0.1, 0.15) is 10.6 Å². The van der Waals surface area contributed by atoms with E-state index in [1.807, 2.05) is 0 Å². The van der Waals surface area contributed by atoms with E-state index < -0.39 is 18.9 Å². The second-order valence-corrected chi connectivity index (χ2v) is 7.57. The zero-order chi connectivity index (χ0) is 12.6. The predicted octanol–water partition coefficient (Wildman–Crippen LogP) is 1.03. The maximum atomic E-state index is 11.2. The molecule has 0 aliphatic carbocycles. The van der Waals surface area contributed by atoms with E-state index in [-0.39, 0.29) is 15.5 Å². The monoisotopic (exact) mass is 284 g/mol. The zero-order valence-corrected chi connectivity index (χ0v) is 10.9. The summed E-state index contributed by atoms with van der Waals surface area (Å²) >= 11 is 0. The Morgan fingerprint density at radius 3 is 2.12 bits per heavy atom. The lowest BCUT2D eigenvalue weighted by atomic mass is 10.3. The minimum absolute atomic E-state index is 0.00222. The lowest BCUT2D eigenvalue weighted by Gasteiger charge is -2.07. The van der Waals surface area contributed by atoms with Crippen LogP contribution in [0, 0.1) is 0 Å². The van der Waals surface area contributed by atoms with Crippen molar-refractivity contribution in [2.24, 2.45) is 0 Å². The number of rotatable bonds is 3. The number of sulfone groups is 1. The summed E-state index contributed by atoms with van der Waals surface area (Å²) in [6.45, 7) is 0. The minimum Gasteiger partial charge on any atom is -0.495 e. The van der Waals surface area contributed by atoms with Crippen LogP contribution in [-0.2, 0) is 18.9 Å². The van der Waals surface area contributed by atoms with Gasteiger partial charge in [-0.1, -0.05) is 0 Å². The Labute approximate surface area is 98.3 Å². The highest BCUT2D eigenvalue weighted by Gasteiger charge is 2.20. The second-order valence-electron chi connectivity index (χ2n) is 3.02. The highest BCUT2D eigenvalue weighted by atomic mass is 35.7. The first kappa shape index (κ1) is 13.3. The van der Waals surface area contributed by atoms with E-state index in [1.54, 1.807) is 0 Å². The molecule has 0 unspecified atom stereocenters. The first-order valence-electron chi connectivity index (χ1n) is 3.99. The van der Waals surface area contributed by atoms with Crippen LogP contribution in [-0.4, -0.2) is 30.2 Å². The molecule has 1 rings (SSSR count). The van der Waals surface area contributed by atoms with Gasteiger partial charge in [-0.25, -0.2) is 16.8 Å². The number of hydrogen-bond acceptors (Lipinski definition) is 5. The Bertz CT molecular complexity index is 603. The summed E-state index contributed by atoms with van der Waals surface area (Å²) in [5.41, 5.74) is 0. The van der Waals surface area contributed by atoms with Crippen LogP contribution in [0.3, 0.4) is 0 Å². The first-order valence-corrected chi connectivity index (χ1v) is 8.19. The fourth-order valence-corrected chi connectivity index (χ4v) is 2.82. The van der Waals surface area contributed by atoms with E-state index in [4.69, 9.17) is 15.4 Å². The summed E-state index contributed by atoms with van der Waals surface area (Å²) in [7, 11) is -1.11. The van der Waals surface area contributed by atoms with Crippen molar-refractivity contribution < 1.29 is 21.6 Å². The average molecular weight is 285 g/mol. The average Bonchev–Trinajstić information content (AvgIpc) is 2.14. The normalized spacial score (nSPS) is 12.4. The van der Waals surface area contributed by atoms with Gasteiger partial charge in [0.05, 0.1) is 12.0 Å². The van der Waals surface area contributed by atoms with Crippen molar-refractivity contribution in [2.75, 3.05) is 13.4 Å². The molecule has 90 valence electrons. The van der Waals surface area contributed by atoms with Crippen LogP contribution >= 0.6 is 10.7 Å². The minimum atomic E-state index is -4.05. The summed E-state index contributed by atoms with van der Waals surface area (Å²) in [5.74, 6) is 0.00222. The molecule has 0 bridgehead atoms. The third-order valence-corrected chi connectivity index (χ3v) is 4.28. The van der Waals surface area contributed by atoms with Crippen LogP contribution in [0.4, 0.5) is 0 Å². The molecule has 16 heavy (non-hydrogen) atoms. The smallest absolute Gasteiger partial charge is 0.265 e. The number of ether oxygens (including phenoxy) is 1. The van der Waals surface area contributed by atoms with Gasteiger partial charge >= 0.3 is 0 Å². The second kappa shape index (κ2) is 4.23. The van der Waals surface area contributed by atoms with E-state index in [0.717, 1.165) is 12.3 Å². The first-order chi connectivity index (χ1) is 7.16. The fraction of sp³-hybridized carbons (Fsp3) is 0.250. The van der Waals surface area contributed by atoms with E-state index >= 15 is 0 Å². The summed E-state index contributed by atoms with van der Waals surface area (Å²) < 4.78 is 49.6. The van der Waals surface area contributed by atoms with Gasteiger partial charge < -0.3 is 4.74 Å². The van der Waals surface area contributed by atoms with Gasteiger partial charge in [-0.2, -0.15) is 0 Å². The van der Waals surface area contributed by atoms with Gasteiger partial charge in [-0.3, -0.25) is 0 Å². The molecular formula is C8H9ClO5S2. The maximum Gasteiger partial charge on any atom is 0.265 e. The van der Waals surface area contributed by atoms with Crippen LogP contribution in [0.2, 0.25) is 0 Å². The predicted molar refractivity (Wildman–Crippen MR) is 59.1 cm³/mol. The molecule has 0 spiro atoms. The van der Waals surface area contributed by atoms with E-state index in [1.165, 1.54) is 19.2 Å². The Kier molecular flexibility index (Phi) is 3.51. The maximum absolute atomic E-state index is 11.2. The number of methoxy groups -OCH3 is 1. The standard InChI is InChI=1S/C8H9ClO5S2/c1-14-7-4-3-6(15(2,10)11)5-8(7)16(9,12)13/h3-5H,1-2H3. The summed E-state index contributed by atoms with van der Waals surface area (Å²) in [4.78, 5) is -0.493. The van der Waals surface area contributed by atoms with Gasteiger partial charge in [0.2, 0.25) is 0 Å². The molecule has 0 atom stereocenters. The molecule has 5 nitrogen and oxygen atoms in total. The third-order valence-electron chi connectivity index (χ3n) is 1.83. The molecule has 0 fully saturated rings. The van der Waals surface area contributed by atoms with Crippen molar-refractivity contribution in [2.45, 2.75) is 9.79 Å². The lowest BCUT2D eigenvalue weighted by Crippen LogP contribution is -2.02. The lowest BCUT2D eigenvalue weighted by molar-refractivity contribution is 0.402. The molecule has 0 saturated carbocycles. The quantitative estimate of drug-likeness (QED) is 0.775. The molecule has 0 radical (unpaired) electrons. The zero-order valence-electron chi connectivity index (χ0n) is 8.47. The van der Waals surface area contributed by atoms with Crippen molar-refractivity contribution >= 4 is 29.6 Å². The molecule has 0 aromatic heterocycles. The molecule has 0 saturated heterocycles.